The number of nitrogens with zero attached hydrogens (tertiary/aromatic N) is 4. The number of guanidine groups is 1. The monoisotopic (exact) mass is 507 g/mol. The number of aromatic nitrogens is 1. The molecule has 0 radical (unpaired) electrons. The molecule has 1 saturated heterocycles. The van der Waals surface area contributed by atoms with Crippen molar-refractivity contribution in [2.75, 3.05) is 38.1 Å². The molecule has 0 aliphatic carbocycles. The normalized spacial score (nSPS) is 14.9. The fourth-order valence-corrected chi connectivity index (χ4v) is 3.99. The molecule has 0 bridgehead atoms. The smallest absolute Gasteiger partial charge is 0.194 e. The quantitative estimate of drug-likeness (QED) is 0.392. The van der Waals surface area contributed by atoms with E-state index in [-0.39, 0.29) is 24.0 Å². The second kappa shape index (κ2) is 9.63. The minimum atomic E-state index is -0.420. The van der Waals surface area contributed by atoms with E-state index in [9.17, 15) is 8.78 Å². The van der Waals surface area contributed by atoms with E-state index in [1.54, 1.807) is 18.4 Å². The van der Waals surface area contributed by atoms with Gasteiger partial charge >= 0.3 is 0 Å². The summed E-state index contributed by atoms with van der Waals surface area (Å²) in [5.74, 6) is 0.00439. The Morgan fingerprint density at radius 3 is 2.52 bits per heavy atom. The predicted octanol–water partition coefficient (Wildman–Crippen LogP) is 3.55. The van der Waals surface area contributed by atoms with Crippen molar-refractivity contribution < 1.29 is 8.78 Å². The number of nitrogens with one attached hydrogen (secondary N) is 1. The van der Waals surface area contributed by atoms with E-state index in [2.05, 4.69) is 20.2 Å². The lowest BCUT2D eigenvalue weighted by Gasteiger charge is -2.37. The molecular weight excluding hydrogens is 483 g/mol. The topological polar surface area (TPSA) is 43.8 Å². The molecule has 1 aliphatic rings. The number of halogens is 3. The van der Waals surface area contributed by atoms with E-state index < -0.39 is 11.6 Å². The van der Waals surface area contributed by atoms with Crippen molar-refractivity contribution in [2.24, 2.45) is 4.99 Å². The molecule has 1 fully saturated rings. The second-order valence-corrected chi connectivity index (χ2v) is 7.50. The van der Waals surface area contributed by atoms with Crippen LogP contribution in [0.3, 0.4) is 0 Å². The molecule has 0 amide bonds. The van der Waals surface area contributed by atoms with Crippen LogP contribution >= 0.6 is 35.3 Å². The number of anilines is 1. The zero-order valence-corrected chi connectivity index (χ0v) is 18.8. The van der Waals surface area contributed by atoms with Crippen LogP contribution in [-0.4, -0.2) is 49.1 Å². The number of thiazole rings is 1. The van der Waals surface area contributed by atoms with Gasteiger partial charge in [0.2, 0.25) is 0 Å². The Balaban J connectivity index is 0.00000261. The predicted molar refractivity (Wildman–Crippen MR) is 117 cm³/mol. The summed E-state index contributed by atoms with van der Waals surface area (Å²) in [6, 6.07) is 3.58. The molecule has 0 saturated carbocycles. The first-order valence-electron chi connectivity index (χ1n) is 8.56. The number of aliphatic imine (C=N–C) groups is 1. The molecule has 1 aromatic heterocycles. The summed E-state index contributed by atoms with van der Waals surface area (Å²) in [5, 5.41) is 4.43. The van der Waals surface area contributed by atoms with Gasteiger partial charge < -0.3 is 15.1 Å². The van der Waals surface area contributed by atoms with E-state index in [0.29, 0.717) is 38.4 Å². The van der Waals surface area contributed by atoms with Crippen LogP contribution in [0.4, 0.5) is 14.5 Å². The largest absolute Gasteiger partial charge is 0.366 e. The molecular formula is C18H24F2IN5S. The van der Waals surface area contributed by atoms with Crippen molar-refractivity contribution in [2.45, 2.75) is 20.4 Å². The molecule has 9 heteroatoms. The van der Waals surface area contributed by atoms with Gasteiger partial charge in [0.1, 0.15) is 11.6 Å². The maximum Gasteiger partial charge on any atom is 0.194 e. The van der Waals surface area contributed by atoms with Gasteiger partial charge in [0, 0.05) is 44.2 Å². The molecule has 0 spiro atoms. The summed E-state index contributed by atoms with van der Waals surface area (Å²) in [7, 11) is 1.76. The molecule has 2 aromatic rings. The Labute approximate surface area is 179 Å². The van der Waals surface area contributed by atoms with Crippen LogP contribution in [0, 0.1) is 25.5 Å². The molecule has 1 N–H and O–H groups in total. The van der Waals surface area contributed by atoms with Gasteiger partial charge in [0.05, 0.1) is 22.9 Å². The average Bonchev–Trinajstić information content (AvgIpc) is 2.95. The highest BCUT2D eigenvalue weighted by atomic mass is 127. The summed E-state index contributed by atoms with van der Waals surface area (Å²) in [6.07, 6.45) is 0. The van der Waals surface area contributed by atoms with Crippen molar-refractivity contribution >= 4 is 47.0 Å². The SMILES string of the molecule is CN=C(NCc1sc(C)nc1C)N1CCN(c2cc(F)ccc2F)CC1.I. The molecule has 1 aliphatic heterocycles. The maximum absolute atomic E-state index is 14.0. The van der Waals surface area contributed by atoms with Crippen molar-refractivity contribution in [1.29, 1.82) is 0 Å². The highest BCUT2D eigenvalue weighted by Crippen LogP contribution is 2.22. The number of hydrogen-bond acceptors (Lipinski definition) is 4. The molecule has 3 rings (SSSR count). The van der Waals surface area contributed by atoms with Crippen LogP contribution in [0.15, 0.2) is 23.2 Å². The van der Waals surface area contributed by atoms with E-state index in [0.717, 1.165) is 22.7 Å². The lowest BCUT2D eigenvalue weighted by Crippen LogP contribution is -2.52. The Hall–Kier alpha value is -1.49. The van der Waals surface area contributed by atoms with Gasteiger partial charge in [-0.3, -0.25) is 4.99 Å². The lowest BCUT2D eigenvalue weighted by atomic mass is 10.2. The van der Waals surface area contributed by atoms with Crippen LogP contribution in [0.2, 0.25) is 0 Å². The van der Waals surface area contributed by atoms with E-state index in [4.69, 9.17) is 0 Å². The summed E-state index contributed by atoms with van der Waals surface area (Å²) in [6.45, 7) is 7.30. The zero-order chi connectivity index (χ0) is 18.7. The summed E-state index contributed by atoms with van der Waals surface area (Å²) in [5.41, 5.74) is 1.37. The molecule has 5 nitrogen and oxygen atoms in total. The first-order chi connectivity index (χ1) is 12.5. The van der Waals surface area contributed by atoms with E-state index in [1.807, 2.05) is 18.7 Å². The molecule has 1 aromatic carbocycles. The standard InChI is InChI=1S/C18H23F2N5S.HI/c1-12-17(26-13(2)23-12)11-22-18(21-3)25-8-6-24(7-9-25)16-10-14(19)4-5-15(16)20;/h4-5,10H,6-9,11H2,1-3H3,(H,21,22);1H. The minimum absolute atomic E-state index is 0. The number of benzene rings is 1. The van der Waals surface area contributed by atoms with Crippen LogP contribution in [0.5, 0.6) is 0 Å². The van der Waals surface area contributed by atoms with Crippen molar-refractivity contribution in [3.05, 3.63) is 45.4 Å². The zero-order valence-electron chi connectivity index (χ0n) is 15.6. The van der Waals surface area contributed by atoms with Crippen molar-refractivity contribution in [3.8, 4) is 0 Å². The number of aryl methyl sites for hydroxylation is 2. The van der Waals surface area contributed by atoms with Crippen LogP contribution < -0.4 is 10.2 Å². The van der Waals surface area contributed by atoms with Gasteiger partial charge in [-0.05, 0) is 26.0 Å². The summed E-state index contributed by atoms with van der Waals surface area (Å²) >= 11 is 1.68. The third-order valence-electron chi connectivity index (χ3n) is 4.45. The van der Waals surface area contributed by atoms with Gasteiger partial charge in [-0.2, -0.15) is 0 Å². The molecule has 0 atom stereocenters. The number of piperazine rings is 1. The number of rotatable bonds is 3. The number of hydrogen-bond donors (Lipinski definition) is 1. The minimum Gasteiger partial charge on any atom is -0.366 e. The highest BCUT2D eigenvalue weighted by Gasteiger charge is 2.22. The first kappa shape index (κ1) is 21.8. The van der Waals surface area contributed by atoms with Crippen LogP contribution in [0.1, 0.15) is 15.6 Å². The Bertz CT molecular complexity index is 803. The average molecular weight is 507 g/mol. The third kappa shape index (κ3) is 5.28. The fourth-order valence-electron chi connectivity index (χ4n) is 3.12. The Kier molecular flexibility index (Phi) is 7.78. The Morgan fingerprint density at radius 2 is 1.93 bits per heavy atom. The van der Waals surface area contributed by atoms with E-state index >= 15 is 0 Å². The van der Waals surface area contributed by atoms with E-state index in [1.165, 1.54) is 17.0 Å². The van der Waals surface area contributed by atoms with Gasteiger partial charge in [-0.15, -0.1) is 35.3 Å². The molecule has 0 unspecified atom stereocenters. The van der Waals surface area contributed by atoms with Crippen LogP contribution in [-0.2, 0) is 6.54 Å². The van der Waals surface area contributed by atoms with Gasteiger partial charge in [0.25, 0.3) is 0 Å². The van der Waals surface area contributed by atoms with Crippen LogP contribution in [0.25, 0.3) is 0 Å². The molecule has 2 heterocycles. The highest BCUT2D eigenvalue weighted by molar-refractivity contribution is 14.0. The van der Waals surface area contributed by atoms with Gasteiger partial charge in [-0.25, -0.2) is 13.8 Å². The van der Waals surface area contributed by atoms with Gasteiger partial charge in [-0.1, -0.05) is 0 Å². The third-order valence-corrected chi connectivity index (χ3v) is 5.52. The molecule has 27 heavy (non-hydrogen) atoms. The first-order valence-corrected chi connectivity index (χ1v) is 9.38. The van der Waals surface area contributed by atoms with Crippen molar-refractivity contribution in [1.82, 2.24) is 15.2 Å². The molecule has 148 valence electrons. The summed E-state index contributed by atoms with van der Waals surface area (Å²) < 4.78 is 27.4. The van der Waals surface area contributed by atoms with Gasteiger partial charge in [0.15, 0.2) is 5.96 Å². The maximum atomic E-state index is 14.0. The second-order valence-electron chi connectivity index (χ2n) is 6.21. The fraction of sp³-hybridized carbons (Fsp3) is 0.444. The lowest BCUT2D eigenvalue weighted by molar-refractivity contribution is 0.370. The van der Waals surface area contributed by atoms with Crippen molar-refractivity contribution in [3.63, 3.8) is 0 Å². The Morgan fingerprint density at radius 1 is 1.22 bits per heavy atom. The summed E-state index contributed by atoms with van der Waals surface area (Å²) in [4.78, 5) is 14.0.